The van der Waals surface area contributed by atoms with Crippen LogP contribution in [0.2, 0.25) is 0 Å². The maximum atomic E-state index is 12.7. The van der Waals surface area contributed by atoms with Crippen LogP contribution in [0.15, 0.2) is 41.2 Å². The van der Waals surface area contributed by atoms with Crippen LogP contribution < -0.4 is 30.0 Å². The van der Waals surface area contributed by atoms with Gasteiger partial charge in [0.2, 0.25) is 0 Å². The molecular formula is C22H24ClN3O5. The maximum absolute atomic E-state index is 12.7. The number of halogens is 1. The van der Waals surface area contributed by atoms with E-state index in [0.717, 1.165) is 16.8 Å². The smallest absolute Gasteiger partial charge is 0.350 e. The number of aromatic nitrogens is 2. The number of hydrogen-bond donors (Lipinski definition) is 1. The van der Waals surface area contributed by atoms with Crippen molar-refractivity contribution in [3.05, 3.63) is 52.4 Å². The van der Waals surface area contributed by atoms with Gasteiger partial charge in [-0.3, -0.25) is 4.57 Å². The minimum Gasteiger partial charge on any atom is -0.497 e. The van der Waals surface area contributed by atoms with Gasteiger partial charge in [-0.25, -0.2) is 4.79 Å². The zero-order valence-electron chi connectivity index (χ0n) is 17.7. The number of fused-ring (bicyclic) bond motifs is 3. The molecule has 0 fully saturated rings. The highest BCUT2D eigenvalue weighted by Gasteiger charge is 2.21. The molecular weight excluding hydrogens is 422 g/mol. The third kappa shape index (κ3) is 4.25. The normalized spacial score (nSPS) is 11.5. The van der Waals surface area contributed by atoms with Crippen LogP contribution in [0.3, 0.4) is 0 Å². The predicted octanol–water partition coefficient (Wildman–Crippen LogP) is 3.67. The van der Waals surface area contributed by atoms with Crippen molar-refractivity contribution in [2.75, 3.05) is 33.8 Å². The van der Waals surface area contributed by atoms with Gasteiger partial charge in [0.25, 0.3) is 0 Å². The summed E-state index contributed by atoms with van der Waals surface area (Å²) in [5.74, 6) is 2.98. The summed E-state index contributed by atoms with van der Waals surface area (Å²) in [5, 5.41) is 3.19. The minimum absolute atomic E-state index is 0. The van der Waals surface area contributed by atoms with E-state index in [-0.39, 0.29) is 18.1 Å². The summed E-state index contributed by atoms with van der Waals surface area (Å²) in [6, 6.07) is 11.1. The standard InChI is InChI=1S/C22H23N3O5.ClH/c1-27-15-8-14(9-16(10-15)28-2)23-21-12-18-17-11-20(30-4)19(29-3)7-13(17)5-6-25(18)22(26)24-21;/h7-12H,5-6H2,1-4H3,(H,23,24,26);1H. The second-order valence-corrected chi connectivity index (χ2v) is 6.80. The van der Waals surface area contributed by atoms with E-state index in [1.807, 2.05) is 30.3 Å². The third-order valence-corrected chi connectivity index (χ3v) is 5.13. The Morgan fingerprint density at radius 1 is 0.871 bits per heavy atom. The Labute approximate surface area is 186 Å². The zero-order chi connectivity index (χ0) is 21.3. The molecule has 0 radical (unpaired) electrons. The molecule has 31 heavy (non-hydrogen) atoms. The molecule has 0 atom stereocenters. The van der Waals surface area contributed by atoms with Gasteiger partial charge in [0.15, 0.2) is 11.5 Å². The van der Waals surface area contributed by atoms with Gasteiger partial charge in [0.05, 0.1) is 34.1 Å². The summed E-state index contributed by atoms with van der Waals surface area (Å²) in [6.45, 7) is 0.552. The van der Waals surface area contributed by atoms with Crippen LogP contribution in [0.1, 0.15) is 5.56 Å². The monoisotopic (exact) mass is 445 g/mol. The Hall–Kier alpha value is -3.39. The van der Waals surface area contributed by atoms with Crippen LogP contribution in [-0.2, 0) is 13.0 Å². The average Bonchev–Trinajstić information content (AvgIpc) is 2.77. The highest BCUT2D eigenvalue weighted by atomic mass is 35.5. The van der Waals surface area contributed by atoms with Gasteiger partial charge in [0.1, 0.15) is 17.3 Å². The predicted molar refractivity (Wildman–Crippen MR) is 121 cm³/mol. The molecule has 1 aromatic heterocycles. The average molecular weight is 446 g/mol. The zero-order valence-corrected chi connectivity index (χ0v) is 18.5. The molecule has 1 N–H and O–H groups in total. The fraction of sp³-hybridized carbons (Fsp3) is 0.273. The fourth-order valence-corrected chi connectivity index (χ4v) is 3.64. The Morgan fingerprint density at radius 3 is 2.13 bits per heavy atom. The molecule has 2 aromatic carbocycles. The quantitative estimate of drug-likeness (QED) is 0.619. The number of nitrogens with zero attached hydrogens (tertiary/aromatic N) is 2. The van der Waals surface area contributed by atoms with Crippen LogP contribution in [0.25, 0.3) is 11.3 Å². The van der Waals surface area contributed by atoms with Crippen molar-refractivity contribution < 1.29 is 18.9 Å². The number of nitrogens with one attached hydrogen (secondary N) is 1. The van der Waals surface area contributed by atoms with Gasteiger partial charge in [-0.15, -0.1) is 12.4 Å². The lowest BCUT2D eigenvalue weighted by Crippen LogP contribution is -2.28. The van der Waals surface area contributed by atoms with Crippen molar-refractivity contribution in [1.29, 1.82) is 0 Å². The van der Waals surface area contributed by atoms with E-state index in [1.165, 1.54) is 0 Å². The molecule has 4 rings (SSSR count). The first kappa shape index (κ1) is 22.3. The summed E-state index contributed by atoms with van der Waals surface area (Å²) < 4.78 is 23.2. The molecule has 1 aliphatic heterocycles. The van der Waals surface area contributed by atoms with E-state index in [9.17, 15) is 4.79 Å². The molecule has 0 amide bonds. The SMILES string of the molecule is COc1cc(Nc2cc3n(c(=O)n2)CCc2cc(OC)c(OC)cc2-3)cc(OC)c1.Cl. The molecule has 3 aromatic rings. The lowest BCUT2D eigenvalue weighted by atomic mass is 9.97. The molecule has 8 nitrogen and oxygen atoms in total. The van der Waals surface area contributed by atoms with Gasteiger partial charge < -0.3 is 24.3 Å². The van der Waals surface area contributed by atoms with Crippen LogP contribution >= 0.6 is 12.4 Å². The summed E-state index contributed by atoms with van der Waals surface area (Å²) in [6.07, 6.45) is 0.712. The van der Waals surface area contributed by atoms with Crippen molar-refractivity contribution in [1.82, 2.24) is 9.55 Å². The largest absolute Gasteiger partial charge is 0.497 e. The van der Waals surface area contributed by atoms with E-state index in [4.69, 9.17) is 18.9 Å². The number of benzene rings is 2. The van der Waals surface area contributed by atoms with Gasteiger partial charge in [-0.1, -0.05) is 0 Å². The van der Waals surface area contributed by atoms with Crippen LogP contribution in [0.5, 0.6) is 23.0 Å². The van der Waals surface area contributed by atoms with Crippen molar-refractivity contribution in [3.8, 4) is 34.3 Å². The summed E-state index contributed by atoms with van der Waals surface area (Å²) in [7, 11) is 6.37. The van der Waals surface area contributed by atoms with E-state index in [0.29, 0.717) is 47.5 Å². The van der Waals surface area contributed by atoms with E-state index < -0.39 is 0 Å². The van der Waals surface area contributed by atoms with Crippen molar-refractivity contribution in [3.63, 3.8) is 0 Å². The molecule has 0 bridgehead atoms. The maximum Gasteiger partial charge on any atom is 0.350 e. The fourth-order valence-electron chi connectivity index (χ4n) is 3.64. The first-order valence-electron chi connectivity index (χ1n) is 9.43. The summed E-state index contributed by atoms with van der Waals surface area (Å²) >= 11 is 0. The minimum atomic E-state index is -0.315. The second kappa shape index (κ2) is 9.18. The number of aryl methyl sites for hydroxylation is 1. The van der Waals surface area contributed by atoms with Crippen molar-refractivity contribution in [2.24, 2.45) is 0 Å². The summed E-state index contributed by atoms with van der Waals surface area (Å²) in [5.41, 5.74) is 3.17. The van der Waals surface area contributed by atoms with E-state index in [1.54, 1.807) is 39.1 Å². The topological polar surface area (TPSA) is 83.8 Å². The lowest BCUT2D eigenvalue weighted by Gasteiger charge is -2.23. The number of rotatable bonds is 6. The molecule has 9 heteroatoms. The van der Waals surface area contributed by atoms with Gasteiger partial charge in [-0.2, -0.15) is 4.98 Å². The van der Waals surface area contributed by atoms with E-state index in [2.05, 4.69) is 10.3 Å². The summed E-state index contributed by atoms with van der Waals surface area (Å²) in [4.78, 5) is 16.9. The number of hydrogen-bond acceptors (Lipinski definition) is 7. The van der Waals surface area contributed by atoms with Gasteiger partial charge in [0, 0.05) is 42.1 Å². The van der Waals surface area contributed by atoms with Gasteiger partial charge in [-0.05, 0) is 24.1 Å². The third-order valence-electron chi connectivity index (χ3n) is 5.13. The highest BCUT2D eigenvalue weighted by Crippen LogP contribution is 2.38. The first-order valence-corrected chi connectivity index (χ1v) is 9.43. The van der Waals surface area contributed by atoms with Crippen molar-refractivity contribution in [2.45, 2.75) is 13.0 Å². The number of anilines is 2. The number of methoxy groups -OCH3 is 4. The molecule has 0 spiro atoms. The van der Waals surface area contributed by atoms with Crippen LogP contribution in [-0.4, -0.2) is 38.0 Å². The molecule has 0 saturated heterocycles. The van der Waals surface area contributed by atoms with Gasteiger partial charge >= 0.3 is 5.69 Å². The molecule has 164 valence electrons. The van der Waals surface area contributed by atoms with Crippen LogP contribution in [0, 0.1) is 0 Å². The Balaban J connectivity index is 0.00000272. The second-order valence-electron chi connectivity index (χ2n) is 6.80. The Morgan fingerprint density at radius 2 is 1.52 bits per heavy atom. The molecule has 2 heterocycles. The molecule has 0 unspecified atom stereocenters. The Kier molecular flexibility index (Phi) is 6.60. The molecule has 0 aliphatic carbocycles. The highest BCUT2D eigenvalue weighted by molar-refractivity contribution is 5.85. The van der Waals surface area contributed by atoms with Crippen LogP contribution in [0.4, 0.5) is 11.5 Å². The Bertz CT molecular complexity index is 1140. The van der Waals surface area contributed by atoms with E-state index >= 15 is 0 Å². The van der Waals surface area contributed by atoms with Crippen molar-refractivity contribution >= 4 is 23.9 Å². The molecule has 1 aliphatic rings. The lowest BCUT2D eigenvalue weighted by molar-refractivity contribution is 0.354. The molecule has 0 saturated carbocycles. The number of ether oxygens (including phenoxy) is 4. The first-order chi connectivity index (χ1) is 14.6.